The van der Waals surface area contributed by atoms with Gasteiger partial charge < -0.3 is 4.42 Å². The zero-order valence-corrected chi connectivity index (χ0v) is 8.68. The number of rotatable bonds is 4. The van der Waals surface area contributed by atoms with Crippen LogP contribution in [0, 0.1) is 0 Å². The number of furan rings is 1. The lowest BCUT2D eigenvalue weighted by Gasteiger charge is -1.91. The number of thioether (sulfide) groups is 1. The molecule has 2 heterocycles. The number of aromatic nitrogens is 2. The minimum absolute atomic E-state index is 0.359. The second kappa shape index (κ2) is 4.39. The Morgan fingerprint density at radius 3 is 3.14 bits per heavy atom. The Kier molecular flexibility index (Phi) is 2.95. The number of aldehydes is 1. The predicted octanol–water partition coefficient (Wildman–Crippen LogP) is 2.24. The normalized spacial score (nSPS) is 10.3. The van der Waals surface area contributed by atoms with Crippen LogP contribution >= 0.6 is 23.1 Å². The van der Waals surface area contributed by atoms with E-state index < -0.39 is 0 Å². The molecule has 0 atom stereocenters. The zero-order chi connectivity index (χ0) is 9.80. The van der Waals surface area contributed by atoms with Gasteiger partial charge in [-0.05, 0) is 12.1 Å². The van der Waals surface area contributed by atoms with Crippen molar-refractivity contribution in [1.29, 1.82) is 0 Å². The van der Waals surface area contributed by atoms with Crippen LogP contribution in [0.4, 0.5) is 0 Å². The smallest absolute Gasteiger partial charge is 0.185 e. The van der Waals surface area contributed by atoms with Gasteiger partial charge in [0.15, 0.2) is 16.4 Å². The second-order valence-electron chi connectivity index (χ2n) is 2.42. The van der Waals surface area contributed by atoms with Crippen molar-refractivity contribution in [3.05, 3.63) is 29.2 Å². The molecule has 0 amide bonds. The van der Waals surface area contributed by atoms with Gasteiger partial charge in [0, 0.05) is 0 Å². The molecule has 0 aliphatic rings. The summed E-state index contributed by atoms with van der Waals surface area (Å²) in [6.45, 7) is 0. The average molecular weight is 226 g/mol. The maximum Gasteiger partial charge on any atom is 0.185 e. The molecule has 0 radical (unpaired) electrons. The van der Waals surface area contributed by atoms with Crippen molar-refractivity contribution in [2.24, 2.45) is 0 Å². The van der Waals surface area contributed by atoms with E-state index in [1.807, 2.05) is 0 Å². The van der Waals surface area contributed by atoms with Crippen LogP contribution in [0.25, 0.3) is 0 Å². The topological polar surface area (TPSA) is 56.0 Å². The summed E-state index contributed by atoms with van der Waals surface area (Å²) >= 11 is 3.02. The molecule has 0 saturated heterocycles. The van der Waals surface area contributed by atoms with Crippen LogP contribution in [0.2, 0.25) is 0 Å². The molecule has 0 N–H and O–H groups in total. The van der Waals surface area contributed by atoms with Crippen LogP contribution in [0.3, 0.4) is 0 Å². The van der Waals surface area contributed by atoms with E-state index in [4.69, 9.17) is 4.42 Å². The summed E-state index contributed by atoms with van der Waals surface area (Å²) in [6.07, 6.45) is 0.694. The summed E-state index contributed by atoms with van der Waals surface area (Å²) in [5.41, 5.74) is 1.68. The van der Waals surface area contributed by atoms with Crippen molar-refractivity contribution in [1.82, 2.24) is 10.2 Å². The van der Waals surface area contributed by atoms with Crippen LogP contribution in [-0.2, 0) is 5.75 Å². The number of carbonyl (C=O) groups excluding carboxylic acids is 1. The summed E-state index contributed by atoms with van der Waals surface area (Å²) in [5.74, 6) is 1.80. The third-order valence-corrected chi connectivity index (χ3v) is 3.36. The largest absolute Gasteiger partial charge is 0.457 e. The standard InChI is InChI=1S/C8H6N2O2S2/c11-3-6-1-2-7(12-6)4-13-8-10-9-5-14-8/h1-3,5H,4H2. The minimum atomic E-state index is 0.359. The van der Waals surface area contributed by atoms with Crippen molar-refractivity contribution in [2.45, 2.75) is 10.1 Å². The summed E-state index contributed by atoms with van der Waals surface area (Å²) in [5, 5.41) is 7.60. The molecule has 14 heavy (non-hydrogen) atoms. The number of hydrogen-bond donors (Lipinski definition) is 0. The lowest BCUT2D eigenvalue weighted by molar-refractivity contribution is 0.109. The Balaban J connectivity index is 1.95. The van der Waals surface area contributed by atoms with E-state index in [-0.39, 0.29) is 0 Å². The van der Waals surface area contributed by atoms with Gasteiger partial charge in [0.2, 0.25) is 0 Å². The highest BCUT2D eigenvalue weighted by molar-refractivity contribution is 8.00. The molecular formula is C8H6N2O2S2. The fourth-order valence-electron chi connectivity index (χ4n) is 0.894. The fourth-order valence-corrected chi connectivity index (χ4v) is 2.28. The monoisotopic (exact) mass is 226 g/mol. The zero-order valence-electron chi connectivity index (χ0n) is 7.04. The second-order valence-corrected chi connectivity index (χ2v) is 4.47. The summed E-state index contributed by atoms with van der Waals surface area (Å²) in [4.78, 5) is 10.3. The van der Waals surface area contributed by atoms with Crippen LogP contribution in [-0.4, -0.2) is 16.5 Å². The van der Waals surface area contributed by atoms with E-state index in [2.05, 4.69) is 10.2 Å². The molecule has 0 bridgehead atoms. The molecule has 0 aliphatic carbocycles. The van der Waals surface area contributed by atoms with Gasteiger partial charge >= 0.3 is 0 Å². The van der Waals surface area contributed by atoms with Gasteiger partial charge in [-0.1, -0.05) is 23.1 Å². The molecule has 2 aromatic heterocycles. The number of hydrogen-bond acceptors (Lipinski definition) is 6. The molecule has 0 saturated carbocycles. The van der Waals surface area contributed by atoms with E-state index in [0.717, 1.165) is 10.1 Å². The highest BCUT2D eigenvalue weighted by atomic mass is 32.2. The first kappa shape index (κ1) is 9.42. The minimum Gasteiger partial charge on any atom is -0.457 e. The van der Waals surface area contributed by atoms with Crippen LogP contribution in [0.15, 0.2) is 26.4 Å². The Morgan fingerprint density at radius 1 is 1.57 bits per heavy atom. The SMILES string of the molecule is O=Cc1ccc(CSc2nncs2)o1. The summed E-state index contributed by atoms with van der Waals surface area (Å²) < 4.78 is 6.10. The molecule has 0 unspecified atom stereocenters. The Bertz CT molecular complexity index is 411. The van der Waals surface area contributed by atoms with Gasteiger partial charge in [-0.25, -0.2) is 0 Å². The molecule has 0 aromatic carbocycles. The first-order valence-electron chi connectivity index (χ1n) is 3.81. The van der Waals surface area contributed by atoms with Gasteiger partial charge in [-0.3, -0.25) is 4.79 Å². The summed E-state index contributed by atoms with van der Waals surface area (Å²) in [6, 6.07) is 3.45. The Labute approximate surface area is 88.3 Å². The van der Waals surface area contributed by atoms with Crippen molar-refractivity contribution >= 4 is 29.4 Å². The summed E-state index contributed by atoms with van der Waals surface area (Å²) in [7, 11) is 0. The van der Waals surface area contributed by atoms with Crippen LogP contribution in [0.1, 0.15) is 16.3 Å². The highest BCUT2D eigenvalue weighted by Crippen LogP contribution is 2.24. The number of carbonyl (C=O) groups is 1. The highest BCUT2D eigenvalue weighted by Gasteiger charge is 2.03. The van der Waals surface area contributed by atoms with Crippen molar-refractivity contribution in [3.63, 3.8) is 0 Å². The molecule has 0 fully saturated rings. The Morgan fingerprint density at radius 2 is 2.50 bits per heavy atom. The first-order chi connectivity index (χ1) is 6.88. The van der Waals surface area contributed by atoms with Gasteiger partial charge in [-0.15, -0.1) is 10.2 Å². The van der Waals surface area contributed by atoms with Gasteiger partial charge in [0.1, 0.15) is 11.3 Å². The molecule has 72 valence electrons. The lowest BCUT2D eigenvalue weighted by Crippen LogP contribution is -1.76. The molecule has 6 heteroatoms. The molecular weight excluding hydrogens is 220 g/mol. The fraction of sp³-hybridized carbons (Fsp3) is 0.125. The van der Waals surface area contributed by atoms with E-state index in [9.17, 15) is 4.79 Å². The Hall–Kier alpha value is -1.14. The van der Waals surface area contributed by atoms with Crippen molar-refractivity contribution in [3.8, 4) is 0 Å². The van der Waals surface area contributed by atoms with Gasteiger partial charge in [0.05, 0.1) is 5.75 Å². The molecule has 0 spiro atoms. The van der Waals surface area contributed by atoms with Crippen LogP contribution in [0.5, 0.6) is 0 Å². The third-order valence-electron chi connectivity index (χ3n) is 1.48. The van der Waals surface area contributed by atoms with E-state index >= 15 is 0 Å². The quantitative estimate of drug-likeness (QED) is 0.591. The van der Waals surface area contributed by atoms with Crippen molar-refractivity contribution in [2.75, 3.05) is 0 Å². The number of nitrogens with zero attached hydrogens (tertiary/aromatic N) is 2. The average Bonchev–Trinajstić information content (AvgIpc) is 2.86. The van der Waals surface area contributed by atoms with Crippen LogP contribution < -0.4 is 0 Å². The first-order valence-corrected chi connectivity index (χ1v) is 5.68. The van der Waals surface area contributed by atoms with Gasteiger partial charge in [0.25, 0.3) is 0 Å². The molecule has 4 nitrogen and oxygen atoms in total. The van der Waals surface area contributed by atoms with E-state index in [0.29, 0.717) is 17.8 Å². The maximum atomic E-state index is 10.3. The third kappa shape index (κ3) is 2.21. The molecule has 2 rings (SSSR count). The molecule has 2 aromatic rings. The predicted molar refractivity (Wildman–Crippen MR) is 53.6 cm³/mol. The van der Waals surface area contributed by atoms with E-state index in [1.165, 1.54) is 23.1 Å². The van der Waals surface area contributed by atoms with Crippen molar-refractivity contribution < 1.29 is 9.21 Å². The molecule has 0 aliphatic heterocycles. The van der Waals surface area contributed by atoms with E-state index in [1.54, 1.807) is 17.6 Å². The lowest BCUT2D eigenvalue weighted by atomic mass is 10.4. The maximum absolute atomic E-state index is 10.3. The van der Waals surface area contributed by atoms with Gasteiger partial charge in [-0.2, -0.15) is 0 Å².